The predicted molar refractivity (Wildman–Crippen MR) is 78.9 cm³/mol. The van der Waals surface area contributed by atoms with Gasteiger partial charge in [0.15, 0.2) is 0 Å². The monoisotopic (exact) mass is 302 g/mol. The second-order valence-corrected chi connectivity index (χ2v) is 6.78. The Balaban J connectivity index is 1.95. The van der Waals surface area contributed by atoms with E-state index in [9.17, 15) is 0 Å². The van der Waals surface area contributed by atoms with E-state index in [1.165, 1.54) is 35.3 Å². The number of alkyl halides is 1. The highest BCUT2D eigenvalue weighted by molar-refractivity contribution is 9.10. The van der Waals surface area contributed by atoms with Crippen LogP contribution in [-0.2, 0) is 0 Å². The van der Waals surface area contributed by atoms with Crippen molar-refractivity contribution in [1.29, 1.82) is 0 Å². The zero-order chi connectivity index (χ0) is 12.2. The lowest BCUT2D eigenvalue weighted by atomic mass is 9.74. The first kappa shape index (κ1) is 10.8. The lowest BCUT2D eigenvalue weighted by Crippen LogP contribution is -2.40. The van der Waals surface area contributed by atoms with Crippen LogP contribution in [0.2, 0.25) is 0 Å². The van der Waals surface area contributed by atoms with E-state index in [0.29, 0.717) is 0 Å². The smallest absolute Gasteiger partial charge is 0.133 e. The van der Waals surface area contributed by atoms with Crippen LogP contribution in [-0.4, -0.2) is 15.9 Å². The van der Waals surface area contributed by atoms with Crippen LogP contribution >= 0.6 is 15.9 Å². The summed E-state index contributed by atoms with van der Waals surface area (Å²) < 4.78 is 0.0593. The molecule has 92 valence electrons. The van der Waals surface area contributed by atoms with E-state index < -0.39 is 0 Å². The molecule has 1 N–H and O–H groups in total. The molecule has 1 aromatic rings. The van der Waals surface area contributed by atoms with Crippen molar-refractivity contribution in [2.24, 2.45) is 5.92 Å². The number of halogens is 1. The first-order valence-electron chi connectivity index (χ1n) is 6.60. The number of allylic oxidation sites excluding steroid dienone is 1. The van der Waals surface area contributed by atoms with Gasteiger partial charge in [-0.1, -0.05) is 46.7 Å². The average molecular weight is 303 g/mol. The SMILES string of the molecule is BrC1(C2CCC2)C=Cc2cnc3c(c2=C1)=CCN3. The molecular weight excluding hydrogens is 288 g/mol. The van der Waals surface area contributed by atoms with E-state index >= 15 is 0 Å². The summed E-state index contributed by atoms with van der Waals surface area (Å²) in [5, 5.41) is 5.93. The Morgan fingerprint density at radius 3 is 3.00 bits per heavy atom. The zero-order valence-corrected chi connectivity index (χ0v) is 11.7. The summed E-state index contributed by atoms with van der Waals surface area (Å²) in [6.07, 6.45) is 15.2. The van der Waals surface area contributed by atoms with Crippen molar-refractivity contribution in [1.82, 2.24) is 4.98 Å². The molecule has 0 radical (unpaired) electrons. The summed E-state index contributed by atoms with van der Waals surface area (Å²) in [6, 6.07) is 0. The molecule has 4 rings (SSSR count). The van der Waals surface area contributed by atoms with Crippen molar-refractivity contribution in [2.75, 3.05) is 11.9 Å². The van der Waals surface area contributed by atoms with E-state index in [4.69, 9.17) is 0 Å². The predicted octanol–water partition coefficient (Wildman–Crippen LogP) is 2.03. The normalized spacial score (nSPS) is 28.5. The number of rotatable bonds is 1. The third-order valence-electron chi connectivity index (χ3n) is 4.38. The van der Waals surface area contributed by atoms with E-state index in [1.807, 2.05) is 6.20 Å². The van der Waals surface area contributed by atoms with Crippen LogP contribution in [0.1, 0.15) is 24.8 Å². The second kappa shape index (κ2) is 3.70. The highest BCUT2D eigenvalue weighted by Crippen LogP contribution is 2.44. The molecule has 1 fully saturated rings. The van der Waals surface area contributed by atoms with Crippen LogP contribution in [0.15, 0.2) is 12.3 Å². The summed E-state index contributed by atoms with van der Waals surface area (Å²) in [4.78, 5) is 4.47. The van der Waals surface area contributed by atoms with Gasteiger partial charge in [0.05, 0.1) is 4.32 Å². The molecule has 2 heterocycles. The Morgan fingerprint density at radius 2 is 2.22 bits per heavy atom. The number of aromatic nitrogens is 1. The molecule has 1 saturated carbocycles. The van der Waals surface area contributed by atoms with Crippen LogP contribution in [0.5, 0.6) is 0 Å². The fourth-order valence-electron chi connectivity index (χ4n) is 3.04. The second-order valence-electron chi connectivity index (χ2n) is 5.41. The number of nitrogens with zero attached hydrogens (tertiary/aromatic N) is 1. The average Bonchev–Trinajstić information content (AvgIpc) is 2.74. The molecule has 0 amide bonds. The molecule has 1 atom stereocenters. The van der Waals surface area contributed by atoms with E-state index in [1.54, 1.807) is 0 Å². The maximum Gasteiger partial charge on any atom is 0.133 e. The minimum atomic E-state index is 0.0593. The molecule has 0 aromatic carbocycles. The van der Waals surface area contributed by atoms with Crippen molar-refractivity contribution >= 4 is 40.0 Å². The molecule has 18 heavy (non-hydrogen) atoms. The van der Waals surface area contributed by atoms with Crippen LogP contribution in [0.3, 0.4) is 0 Å². The Labute approximate surface area is 115 Å². The number of fused-ring (bicyclic) bond motifs is 3. The molecule has 1 unspecified atom stereocenters. The molecular formula is C15H15BrN2. The quantitative estimate of drug-likeness (QED) is 0.803. The molecule has 2 aliphatic carbocycles. The Kier molecular flexibility index (Phi) is 2.22. The van der Waals surface area contributed by atoms with E-state index in [0.717, 1.165) is 18.3 Å². The standard InChI is InChI=1S/C15H15BrN2/c16-15(11-2-1-3-11)6-4-10-9-18-14-12(5-7-17-14)13(10)8-15/h4-6,8-9,11H,1-3,7H2,(H,17,18). The van der Waals surface area contributed by atoms with Gasteiger partial charge in [-0.25, -0.2) is 4.98 Å². The number of hydrogen-bond donors (Lipinski definition) is 1. The molecule has 1 aromatic heterocycles. The molecule has 1 aliphatic heterocycles. The summed E-state index contributed by atoms with van der Waals surface area (Å²) in [6.45, 7) is 0.898. The van der Waals surface area contributed by atoms with E-state index in [2.05, 4.69) is 50.5 Å². The number of nitrogens with one attached hydrogen (secondary N) is 1. The lowest BCUT2D eigenvalue weighted by molar-refractivity contribution is 0.304. The van der Waals surface area contributed by atoms with Gasteiger partial charge < -0.3 is 5.32 Å². The van der Waals surface area contributed by atoms with Crippen molar-refractivity contribution in [3.63, 3.8) is 0 Å². The largest absolute Gasteiger partial charge is 0.366 e. The van der Waals surface area contributed by atoms with Gasteiger partial charge in [0, 0.05) is 23.5 Å². The Hall–Kier alpha value is -1.09. The third-order valence-corrected chi connectivity index (χ3v) is 5.52. The molecule has 3 aliphatic rings. The summed E-state index contributed by atoms with van der Waals surface area (Å²) in [7, 11) is 0. The molecule has 2 nitrogen and oxygen atoms in total. The van der Waals surface area contributed by atoms with Gasteiger partial charge in [-0.3, -0.25) is 0 Å². The summed E-state index contributed by atoms with van der Waals surface area (Å²) in [5.74, 6) is 1.78. The highest BCUT2D eigenvalue weighted by atomic mass is 79.9. The Morgan fingerprint density at radius 1 is 1.33 bits per heavy atom. The van der Waals surface area contributed by atoms with Crippen LogP contribution < -0.4 is 15.8 Å². The van der Waals surface area contributed by atoms with Gasteiger partial charge in [-0.05, 0) is 24.0 Å². The number of pyridine rings is 1. The van der Waals surface area contributed by atoms with Crippen molar-refractivity contribution in [2.45, 2.75) is 23.6 Å². The fourth-order valence-corrected chi connectivity index (χ4v) is 3.86. The minimum absolute atomic E-state index is 0.0593. The van der Waals surface area contributed by atoms with Gasteiger partial charge in [0.1, 0.15) is 5.82 Å². The van der Waals surface area contributed by atoms with Gasteiger partial charge in [-0.15, -0.1) is 0 Å². The van der Waals surface area contributed by atoms with E-state index in [-0.39, 0.29) is 4.32 Å². The van der Waals surface area contributed by atoms with Gasteiger partial charge >= 0.3 is 0 Å². The van der Waals surface area contributed by atoms with Crippen molar-refractivity contribution < 1.29 is 0 Å². The zero-order valence-electron chi connectivity index (χ0n) is 10.1. The van der Waals surface area contributed by atoms with Gasteiger partial charge in [0.2, 0.25) is 0 Å². The highest BCUT2D eigenvalue weighted by Gasteiger charge is 2.37. The van der Waals surface area contributed by atoms with Gasteiger partial charge in [0.25, 0.3) is 0 Å². The third kappa shape index (κ3) is 1.43. The lowest BCUT2D eigenvalue weighted by Gasteiger charge is -2.38. The van der Waals surface area contributed by atoms with Crippen LogP contribution in [0.25, 0.3) is 18.2 Å². The minimum Gasteiger partial charge on any atom is -0.366 e. The fraction of sp³-hybridized carbons (Fsp3) is 0.400. The van der Waals surface area contributed by atoms with Crippen molar-refractivity contribution in [3.8, 4) is 0 Å². The maximum absolute atomic E-state index is 4.47. The first-order chi connectivity index (χ1) is 8.76. The topological polar surface area (TPSA) is 24.9 Å². The molecule has 0 saturated heterocycles. The maximum atomic E-state index is 4.47. The summed E-state index contributed by atoms with van der Waals surface area (Å²) in [5.41, 5.74) is 1.24. The van der Waals surface area contributed by atoms with Crippen molar-refractivity contribution in [3.05, 3.63) is 28.3 Å². The molecule has 3 heteroatoms. The number of hydrogen-bond acceptors (Lipinski definition) is 2. The summed E-state index contributed by atoms with van der Waals surface area (Å²) >= 11 is 3.95. The van der Waals surface area contributed by atoms with Crippen LogP contribution in [0, 0.1) is 5.92 Å². The van der Waals surface area contributed by atoms with Crippen LogP contribution in [0.4, 0.5) is 5.82 Å². The van der Waals surface area contributed by atoms with Gasteiger partial charge in [-0.2, -0.15) is 0 Å². The first-order valence-corrected chi connectivity index (χ1v) is 7.40. The Bertz CT molecular complexity index is 658. The molecule has 0 spiro atoms. The number of anilines is 1. The molecule has 0 bridgehead atoms.